The minimum atomic E-state index is -1.63. The molecule has 0 radical (unpaired) electrons. The fourth-order valence-corrected chi connectivity index (χ4v) is 4.69. The van der Waals surface area contributed by atoms with Crippen LogP contribution in [0.15, 0.2) is 48.8 Å². The van der Waals surface area contributed by atoms with E-state index in [0.29, 0.717) is 11.1 Å². The number of amides is 1. The molecule has 4 rings (SSSR count). The summed E-state index contributed by atoms with van der Waals surface area (Å²) in [4.78, 5) is 16.5. The summed E-state index contributed by atoms with van der Waals surface area (Å²) >= 11 is 1.04. The number of rotatable bonds is 4. The van der Waals surface area contributed by atoms with Gasteiger partial charge in [0, 0.05) is 18.0 Å². The molecule has 1 amide bonds. The fraction of sp³-hybridized carbons (Fsp3) is 0.263. The third-order valence-electron chi connectivity index (χ3n) is 4.71. The highest BCUT2D eigenvalue weighted by Gasteiger charge is 2.44. The van der Waals surface area contributed by atoms with E-state index in [1.165, 1.54) is 16.8 Å². The summed E-state index contributed by atoms with van der Waals surface area (Å²) in [6.45, 7) is -0.430. The van der Waals surface area contributed by atoms with Crippen molar-refractivity contribution in [2.75, 3.05) is 11.9 Å². The zero-order valence-corrected chi connectivity index (χ0v) is 15.3. The van der Waals surface area contributed by atoms with Crippen molar-refractivity contribution in [1.29, 1.82) is 0 Å². The molecule has 6 nitrogen and oxygen atoms in total. The Bertz CT molecular complexity index is 1010. The van der Waals surface area contributed by atoms with Crippen LogP contribution < -0.4 is 5.32 Å². The van der Waals surface area contributed by atoms with Crippen LogP contribution in [0, 0.1) is 5.82 Å². The maximum Gasteiger partial charge on any atom is 0.256 e. The summed E-state index contributed by atoms with van der Waals surface area (Å²) in [6, 6.07) is 9.98. The smallest absolute Gasteiger partial charge is 0.256 e. The van der Waals surface area contributed by atoms with Crippen molar-refractivity contribution in [3.63, 3.8) is 0 Å². The van der Waals surface area contributed by atoms with E-state index in [1.807, 2.05) is 0 Å². The number of carbonyl (C=O) groups excluding carboxylic acids is 1. The number of halogens is 2. The number of nitrogens with one attached hydrogen (secondary N) is 1. The van der Waals surface area contributed by atoms with Crippen LogP contribution in [0.1, 0.15) is 15.7 Å². The largest absolute Gasteiger partial charge is 0.395 e. The van der Waals surface area contributed by atoms with Crippen LogP contribution >= 0.6 is 11.8 Å². The van der Waals surface area contributed by atoms with Gasteiger partial charge in [-0.05, 0) is 18.2 Å². The molecule has 0 aliphatic carbocycles. The van der Waals surface area contributed by atoms with E-state index in [4.69, 9.17) is 0 Å². The van der Waals surface area contributed by atoms with Crippen LogP contribution in [0.2, 0.25) is 0 Å². The lowest BCUT2D eigenvalue weighted by molar-refractivity contribution is 0.0643. The Balaban J connectivity index is 1.71. The van der Waals surface area contributed by atoms with Crippen molar-refractivity contribution in [3.05, 3.63) is 60.2 Å². The van der Waals surface area contributed by atoms with E-state index in [0.717, 1.165) is 18.0 Å². The highest BCUT2D eigenvalue weighted by atomic mass is 32.2. The molecule has 0 bridgehead atoms. The van der Waals surface area contributed by atoms with E-state index in [-0.39, 0.29) is 11.2 Å². The Morgan fingerprint density at radius 2 is 2.04 bits per heavy atom. The third-order valence-corrected chi connectivity index (χ3v) is 6.25. The molecule has 2 aromatic heterocycles. The van der Waals surface area contributed by atoms with Gasteiger partial charge in [-0.2, -0.15) is 0 Å². The molecular weight excluding hydrogens is 388 g/mol. The van der Waals surface area contributed by atoms with Gasteiger partial charge in [0.15, 0.2) is 5.82 Å². The van der Waals surface area contributed by atoms with E-state index in [2.05, 4.69) is 10.3 Å². The number of pyridine rings is 1. The molecule has 1 aliphatic rings. The molecule has 3 aromatic rings. The zero-order chi connectivity index (χ0) is 19.8. The molecule has 0 saturated carbocycles. The van der Waals surface area contributed by atoms with Gasteiger partial charge in [-0.25, -0.2) is 13.8 Å². The first-order chi connectivity index (χ1) is 13.5. The molecule has 1 aliphatic heterocycles. The second kappa shape index (κ2) is 7.50. The lowest BCUT2D eigenvalue weighted by Gasteiger charge is -2.17. The third kappa shape index (κ3) is 3.15. The SMILES string of the molecule is O=C(Nc1nccc2c1c(F)cn2[C@@H]1S[C@H](CO)[C@@H](F)[C@H]1O)c1ccccc1. The first-order valence-corrected chi connectivity index (χ1v) is 9.55. The van der Waals surface area contributed by atoms with Crippen LogP contribution in [0.25, 0.3) is 10.9 Å². The van der Waals surface area contributed by atoms with Crippen LogP contribution in [0.3, 0.4) is 0 Å². The number of aromatic nitrogens is 2. The standard InChI is InChI=1S/C19H17F2N3O3S/c20-11-8-24(19-16(26)15(21)13(9-25)28-19)12-6-7-22-17(14(11)12)23-18(27)10-4-2-1-3-5-10/h1-8,13,15-16,19,25-26H,9H2,(H,22,23,27)/t13-,15-,16-,19-/m1/s1. The van der Waals surface area contributed by atoms with Crippen molar-refractivity contribution in [1.82, 2.24) is 9.55 Å². The molecule has 9 heteroatoms. The van der Waals surface area contributed by atoms with E-state index >= 15 is 0 Å². The van der Waals surface area contributed by atoms with Gasteiger partial charge in [0.1, 0.15) is 23.5 Å². The number of benzene rings is 1. The molecule has 0 spiro atoms. The molecule has 3 N–H and O–H groups in total. The number of hydrogen-bond acceptors (Lipinski definition) is 5. The average Bonchev–Trinajstić information content (AvgIpc) is 3.20. The summed E-state index contributed by atoms with van der Waals surface area (Å²) in [6.07, 6.45) is -0.466. The summed E-state index contributed by atoms with van der Waals surface area (Å²) < 4.78 is 30.3. The summed E-state index contributed by atoms with van der Waals surface area (Å²) in [5, 5.41) is 20.6. The number of hydrogen-bond donors (Lipinski definition) is 3. The topological polar surface area (TPSA) is 87.4 Å². The molecule has 1 saturated heterocycles. The number of fused-ring (bicyclic) bond motifs is 1. The monoisotopic (exact) mass is 405 g/mol. The van der Waals surface area contributed by atoms with Gasteiger partial charge >= 0.3 is 0 Å². The number of aliphatic hydroxyl groups is 2. The van der Waals surface area contributed by atoms with Gasteiger partial charge in [0.05, 0.1) is 22.8 Å². The van der Waals surface area contributed by atoms with Crippen molar-refractivity contribution in [2.24, 2.45) is 0 Å². The van der Waals surface area contributed by atoms with E-state index in [9.17, 15) is 23.8 Å². The van der Waals surface area contributed by atoms with Gasteiger partial charge in [0.2, 0.25) is 0 Å². The van der Waals surface area contributed by atoms with E-state index in [1.54, 1.807) is 30.3 Å². The van der Waals surface area contributed by atoms with Crippen molar-refractivity contribution in [2.45, 2.75) is 22.9 Å². The summed E-state index contributed by atoms with van der Waals surface area (Å²) in [5.74, 6) is -1.05. The molecule has 1 fully saturated rings. The van der Waals surface area contributed by atoms with Crippen LogP contribution in [-0.4, -0.2) is 49.8 Å². The lowest BCUT2D eigenvalue weighted by Crippen LogP contribution is -2.29. The van der Waals surface area contributed by atoms with E-state index < -0.39 is 41.2 Å². The van der Waals surface area contributed by atoms with Crippen LogP contribution in [-0.2, 0) is 0 Å². The zero-order valence-electron chi connectivity index (χ0n) is 14.5. The number of anilines is 1. The maximum atomic E-state index is 14.7. The Morgan fingerprint density at radius 3 is 2.71 bits per heavy atom. The second-order valence-corrected chi connectivity index (χ2v) is 7.80. The second-order valence-electron chi connectivity index (χ2n) is 6.44. The minimum absolute atomic E-state index is 0.0376. The molecule has 1 aromatic carbocycles. The Hall–Kier alpha value is -2.49. The summed E-state index contributed by atoms with van der Waals surface area (Å²) in [7, 11) is 0. The Labute approximate surface area is 163 Å². The molecule has 28 heavy (non-hydrogen) atoms. The van der Waals surface area contributed by atoms with Crippen LogP contribution in [0.5, 0.6) is 0 Å². The number of thioether (sulfide) groups is 1. The lowest BCUT2D eigenvalue weighted by atomic mass is 10.1. The van der Waals surface area contributed by atoms with Gasteiger partial charge in [0.25, 0.3) is 5.91 Å². The quantitative estimate of drug-likeness (QED) is 0.621. The predicted molar refractivity (Wildman–Crippen MR) is 102 cm³/mol. The Morgan fingerprint density at radius 1 is 1.29 bits per heavy atom. The maximum absolute atomic E-state index is 14.7. The van der Waals surface area contributed by atoms with Gasteiger partial charge < -0.3 is 20.1 Å². The van der Waals surface area contributed by atoms with Gasteiger partial charge in [-0.3, -0.25) is 4.79 Å². The number of aliphatic hydroxyl groups excluding tert-OH is 2. The Kier molecular flexibility index (Phi) is 5.05. The number of nitrogens with zero attached hydrogens (tertiary/aromatic N) is 2. The minimum Gasteiger partial charge on any atom is -0.395 e. The molecule has 4 atom stereocenters. The van der Waals surface area contributed by atoms with Crippen molar-refractivity contribution in [3.8, 4) is 0 Å². The molecule has 0 unspecified atom stereocenters. The van der Waals surface area contributed by atoms with Crippen molar-refractivity contribution >= 4 is 34.4 Å². The van der Waals surface area contributed by atoms with Crippen molar-refractivity contribution < 1.29 is 23.8 Å². The average molecular weight is 405 g/mol. The van der Waals surface area contributed by atoms with Gasteiger partial charge in [-0.15, -0.1) is 11.8 Å². The molecular formula is C19H17F2N3O3S. The first-order valence-electron chi connectivity index (χ1n) is 8.61. The number of alkyl halides is 1. The summed E-state index contributed by atoms with van der Waals surface area (Å²) in [5.41, 5.74) is 0.757. The molecule has 146 valence electrons. The highest BCUT2D eigenvalue weighted by molar-refractivity contribution is 8.00. The predicted octanol–water partition coefficient (Wildman–Crippen LogP) is 2.73. The fourth-order valence-electron chi connectivity index (χ4n) is 3.32. The highest BCUT2D eigenvalue weighted by Crippen LogP contribution is 2.45. The molecule has 3 heterocycles. The first kappa shape index (κ1) is 18.9. The van der Waals surface area contributed by atoms with Crippen LogP contribution in [0.4, 0.5) is 14.6 Å². The normalized spacial score (nSPS) is 24.6. The number of carbonyl (C=O) groups is 1. The van der Waals surface area contributed by atoms with Gasteiger partial charge in [-0.1, -0.05) is 18.2 Å².